The van der Waals surface area contributed by atoms with E-state index in [2.05, 4.69) is 17.0 Å². The molecule has 0 radical (unpaired) electrons. The van der Waals surface area contributed by atoms with Crippen LogP contribution in [0.3, 0.4) is 0 Å². The first-order valence-corrected chi connectivity index (χ1v) is 10.7. The fourth-order valence-corrected chi connectivity index (χ4v) is 3.60. The average molecular weight is 410 g/mol. The minimum atomic E-state index is -2.05. The maximum Gasteiger partial charge on any atom is 0.149 e. The first-order valence-electron chi connectivity index (χ1n) is 12.2. The van der Waals surface area contributed by atoms with Crippen LogP contribution in [0.5, 0.6) is 0 Å². The van der Waals surface area contributed by atoms with Crippen LogP contribution in [0, 0.1) is 11.8 Å². The largest absolute Gasteiger partial charge is 0.298 e. The Balaban J connectivity index is 0.000000189. The van der Waals surface area contributed by atoms with Gasteiger partial charge in [-0.25, -0.2) is 0 Å². The molecular weight excluding hydrogens is 372 g/mol. The summed E-state index contributed by atoms with van der Waals surface area (Å²) in [5.41, 5.74) is 2.27. The topological polar surface area (TPSA) is 40.6 Å². The molecule has 0 amide bonds. The van der Waals surface area contributed by atoms with Crippen LogP contribution in [0.25, 0.3) is 0 Å². The summed E-state index contributed by atoms with van der Waals surface area (Å²) in [5, 5.41) is 0. The van der Waals surface area contributed by atoms with Gasteiger partial charge in [0.25, 0.3) is 0 Å². The van der Waals surface area contributed by atoms with Crippen molar-refractivity contribution < 1.29 is 13.7 Å². The van der Waals surface area contributed by atoms with E-state index < -0.39 is 18.2 Å². The maximum atomic E-state index is 12.0. The number of Topliss-reactive ketones (excluding diaryl/α,β-unsaturated/α-hetero) is 2. The zero-order valence-corrected chi connectivity index (χ0v) is 18.0. The van der Waals surface area contributed by atoms with Gasteiger partial charge in [-0.1, -0.05) is 74.5 Å². The molecule has 2 heterocycles. The molecular formula is C26H34N2O2. The molecule has 2 aliphatic rings. The second-order valence-electron chi connectivity index (χ2n) is 8.23. The number of hydrogen-bond donors (Lipinski definition) is 0. The van der Waals surface area contributed by atoms with E-state index in [0.717, 1.165) is 25.1 Å². The van der Waals surface area contributed by atoms with Crippen LogP contribution >= 0.6 is 0 Å². The summed E-state index contributed by atoms with van der Waals surface area (Å²) < 4.78 is 23.7. The summed E-state index contributed by atoms with van der Waals surface area (Å²) in [4.78, 5) is 27.3. The van der Waals surface area contributed by atoms with Gasteiger partial charge in [0.2, 0.25) is 0 Å². The Labute approximate surface area is 185 Å². The van der Waals surface area contributed by atoms with Gasteiger partial charge in [-0.15, -0.1) is 0 Å². The average Bonchev–Trinajstić information content (AvgIpc) is 2.79. The van der Waals surface area contributed by atoms with Crippen molar-refractivity contribution in [3.8, 4) is 0 Å². The highest BCUT2D eigenvalue weighted by atomic mass is 16.1. The Hall–Kier alpha value is -2.30. The molecule has 4 heteroatoms. The van der Waals surface area contributed by atoms with E-state index in [1.54, 1.807) is 0 Å². The minimum Gasteiger partial charge on any atom is -0.298 e. The third-order valence-electron chi connectivity index (χ3n) is 5.68. The Morgan fingerprint density at radius 1 is 0.833 bits per heavy atom. The second-order valence-corrected chi connectivity index (χ2v) is 8.23. The lowest BCUT2D eigenvalue weighted by Gasteiger charge is -2.29. The molecule has 160 valence electrons. The second kappa shape index (κ2) is 11.2. The van der Waals surface area contributed by atoms with Gasteiger partial charge >= 0.3 is 0 Å². The van der Waals surface area contributed by atoms with E-state index in [4.69, 9.17) is 4.11 Å². The Morgan fingerprint density at radius 2 is 1.37 bits per heavy atom. The normalized spacial score (nSPS) is 28.6. The lowest BCUT2D eigenvalue weighted by molar-refractivity contribution is -0.127. The van der Waals surface area contributed by atoms with Crippen LogP contribution in [0.1, 0.15) is 41.9 Å². The van der Waals surface area contributed by atoms with Crippen molar-refractivity contribution >= 4 is 11.6 Å². The molecule has 2 unspecified atom stereocenters. The van der Waals surface area contributed by atoms with Crippen molar-refractivity contribution in [1.29, 1.82) is 0 Å². The standard InChI is InChI=1S/2C13H17NO/c2*1-11-7-8-14(10-13(11)15)9-12-5-3-2-4-6-12/h2*2-6,11H,7-10H2,1H3/i10D2,11D;. The molecule has 2 saturated heterocycles. The van der Waals surface area contributed by atoms with Gasteiger partial charge in [0, 0.05) is 26.3 Å². The zero-order valence-electron chi connectivity index (χ0n) is 21.0. The molecule has 0 bridgehead atoms. The highest BCUT2D eigenvalue weighted by Gasteiger charge is 2.23. The zero-order chi connectivity index (χ0) is 24.1. The Kier molecular flexibility index (Phi) is 6.89. The third kappa shape index (κ3) is 6.89. The van der Waals surface area contributed by atoms with Gasteiger partial charge in [-0.05, 0) is 37.1 Å². The van der Waals surface area contributed by atoms with E-state index in [1.165, 1.54) is 17.4 Å². The van der Waals surface area contributed by atoms with Crippen molar-refractivity contribution in [3.63, 3.8) is 0 Å². The van der Waals surface area contributed by atoms with Crippen molar-refractivity contribution in [2.75, 3.05) is 26.1 Å². The molecule has 2 aliphatic heterocycles. The van der Waals surface area contributed by atoms with Gasteiger partial charge in [-0.3, -0.25) is 19.4 Å². The first kappa shape index (κ1) is 18.5. The van der Waals surface area contributed by atoms with Crippen LogP contribution in [0.4, 0.5) is 0 Å². The van der Waals surface area contributed by atoms with Gasteiger partial charge in [0.15, 0.2) is 0 Å². The number of piperidine rings is 2. The van der Waals surface area contributed by atoms with Crippen LogP contribution in [-0.4, -0.2) is 47.5 Å². The van der Waals surface area contributed by atoms with E-state index in [0.29, 0.717) is 31.8 Å². The number of rotatable bonds is 4. The van der Waals surface area contributed by atoms with Crippen LogP contribution in [0.15, 0.2) is 60.7 Å². The lowest BCUT2D eigenvalue weighted by Crippen LogP contribution is -2.39. The molecule has 2 aromatic rings. The smallest absolute Gasteiger partial charge is 0.149 e. The molecule has 0 aliphatic carbocycles. The van der Waals surface area contributed by atoms with Crippen LogP contribution in [-0.2, 0) is 22.7 Å². The van der Waals surface area contributed by atoms with Crippen LogP contribution < -0.4 is 0 Å². The summed E-state index contributed by atoms with van der Waals surface area (Å²) >= 11 is 0. The highest BCUT2D eigenvalue weighted by molar-refractivity contribution is 5.83. The van der Waals surface area contributed by atoms with E-state index in [9.17, 15) is 9.59 Å². The monoisotopic (exact) mass is 409 g/mol. The van der Waals surface area contributed by atoms with Crippen LogP contribution in [0.2, 0.25) is 0 Å². The fraction of sp³-hybridized carbons (Fsp3) is 0.462. The molecule has 0 aromatic heterocycles. The van der Waals surface area contributed by atoms with Gasteiger partial charge < -0.3 is 0 Å². The summed E-state index contributed by atoms with van der Waals surface area (Å²) in [6, 6.07) is 19.9. The summed E-state index contributed by atoms with van der Waals surface area (Å²) in [7, 11) is 0. The Bertz CT molecular complexity index is 935. The molecule has 2 fully saturated rings. The molecule has 0 saturated carbocycles. The molecule has 4 nitrogen and oxygen atoms in total. The van der Waals surface area contributed by atoms with E-state index in [1.807, 2.05) is 55.5 Å². The minimum absolute atomic E-state index is 0.261. The number of nitrogens with zero attached hydrogens (tertiary/aromatic N) is 2. The number of ketones is 2. The van der Waals surface area contributed by atoms with Crippen molar-refractivity contribution in [3.05, 3.63) is 71.8 Å². The number of carbonyl (C=O) groups excluding carboxylic acids is 2. The molecule has 4 rings (SSSR count). The summed E-state index contributed by atoms with van der Waals surface area (Å²) in [6.07, 6.45) is 1.38. The maximum absolute atomic E-state index is 12.0. The highest BCUT2D eigenvalue weighted by Crippen LogP contribution is 2.16. The Morgan fingerprint density at radius 3 is 1.93 bits per heavy atom. The lowest BCUT2D eigenvalue weighted by atomic mass is 9.97. The van der Waals surface area contributed by atoms with Gasteiger partial charge in [-0.2, -0.15) is 0 Å². The quantitative estimate of drug-likeness (QED) is 0.759. The third-order valence-corrected chi connectivity index (χ3v) is 5.68. The fourth-order valence-electron chi connectivity index (χ4n) is 3.60. The first-order chi connectivity index (χ1) is 15.6. The number of benzene rings is 2. The van der Waals surface area contributed by atoms with Gasteiger partial charge in [0.1, 0.15) is 11.6 Å². The van der Waals surface area contributed by atoms with E-state index >= 15 is 0 Å². The summed E-state index contributed by atoms with van der Waals surface area (Å²) in [6.45, 7) is 4.86. The van der Waals surface area contributed by atoms with Crippen molar-refractivity contribution in [2.45, 2.75) is 39.8 Å². The molecule has 2 aromatic carbocycles. The predicted molar refractivity (Wildman–Crippen MR) is 121 cm³/mol. The van der Waals surface area contributed by atoms with Gasteiger partial charge in [0.05, 0.1) is 15.8 Å². The van der Waals surface area contributed by atoms with Crippen molar-refractivity contribution in [1.82, 2.24) is 9.80 Å². The number of hydrogen-bond acceptors (Lipinski definition) is 4. The molecule has 0 N–H and O–H groups in total. The SMILES string of the molecule is CC1CCN(Cc2ccccc2)CC1=O.[2H]C1(C)CCN(Cc2ccccc2)C([2H])([2H])C1=O. The van der Waals surface area contributed by atoms with Crippen molar-refractivity contribution in [2.24, 2.45) is 11.8 Å². The summed E-state index contributed by atoms with van der Waals surface area (Å²) in [5.74, 6) is -1.30. The number of likely N-dealkylation sites (tertiary alicyclic amines) is 2. The van der Waals surface area contributed by atoms with E-state index in [-0.39, 0.29) is 5.92 Å². The molecule has 30 heavy (non-hydrogen) atoms. The molecule has 0 spiro atoms. The number of carbonyl (C=O) groups is 2. The molecule has 2 atom stereocenters. The predicted octanol–water partition coefficient (Wildman–Crippen LogP) is 4.20.